The summed E-state index contributed by atoms with van der Waals surface area (Å²) in [4.78, 5) is 23.7. The van der Waals surface area contributed by atoms with E-state index in [1.54, 1.807) is 24.3 Å². The van der Waals surface area contributed by atoms with Crippen LogP contribution in [-0.2, 0) is 4.74 Å². The number of fused-ring (bicyclic) bond motifs is 2. The number of rotatable bonds is 3. The third-order valence-corrected chi connectivity index (χ3v) is 6.12. The fourth-order valence-corrected chi connectivity index (χ4v) is 5.00. The van der Waals surface area contributed by atoms with Crippen LogP contribution in [0.15, 0.2) is 24.3 Å². The van der Waals surface area contributed by atoms with Gasteiger partial charge in [-0.3, -0.25) is 4.79 Å². The summed E-state index contributed by atoms with van der Waals surface area (Å²) in [5, 5.41) is 6.10. The first-order valence-corrected chi connectivity index (χ1v) is 8.90. The summed E-state index contributed by atoms with van der Waals surface area (Å²) < 4.78 is 5.95. The van der Waals surface area contributed by atoms with Gasteiger partial charge in [0.2, 0.25) is 0 Å². The Labute approximate surface area is 142 Å². The van der Waals surface area contributed by atoms with Gasteiger partial charge in [-0.1, -0.05) is 12.8 Å². The molecule has 0 radical (unpaired) electrons. The molecule has 128 valence electrons. The zero-order valence-electron chi connectivity index (χ0n) is 14.0. The summed E-state index contributed by atoms with van der Waals surface area (Å²) >= 11 is 0. The van der Waals surface area contributed by atoms with Gasteiger partial charge in [-0.25, -0.2) is 4.79 Å². The molecule has 1 saturated heterocycles. The van der Waals surface area contributed by atoms with Crippen molar-refractivity contribution in [3.63, 3.8) is 0 Å². The number of hydrogen-bond acceptors (Lipinski definition) is 3. The van der Waals surface area contributed by atoms with Crippen molar-refractivity contribution in [2.24, 2.45) is 11.3 Å². The van der Waals surface area contributed by atoms with E-state index < -0.39 is 0 Å². The Hall–Kier alpha value is -1.88. The molecule has 5 heteroatoms. The van der Waals surface area contributed by atoms with E-state index in [4.69, 9.17) is 4.74 Å². The lowest BCUT2D eigenvalue weighted by atomic mass is 9.54. The van der Waals surface area contributed by atoms with Gasteiger partial charge in [0.1, 0.15) is 0 Å². The molecule has 1 aromatic carbocycles. The third kappa shape index (κ3) is 2.42. The number of urea groups is 1. The lowest BCUT2D eigenvalue weighted by molar-refractivity contribution is -0.125. The largest absolute Gasteiger partial charge is 0.377 e. The Kier molecular flexibility index (Phi) is 3.83. The van der Waals surface area contributed by atoms with E-state index in [-0.39, 0.29) is 23.3 Å². The summed E-state index contributed by atoms with van der Waals surface area (Å²) in [6.45, 7) is 2.36. The van der Waals surface area contributed by atoms with Crippen molar-refractivity contribution in [3.8, 4) is 0 Å². The van der Waals surface area contributed by atoms with Crippen molar-refractivity contribution in [2.45, 2.75) is 51.2 Å². The second kappa shape index (κ2) is 5.88. The molecule has 1 aliphatic heterocycles. The van der Waals surface area contributed by atoms with Gasteiger partial charge in [0.25, 0.3) is 0 Å². The Balaban J connectivity index is 1.41. The SMILES string of the molecule is CC(=O)c1ccc(NC(=O)N[C@@H]2[C@@H]3CCO[C@H]3C23CCCC3)cc1. The molecule has 5 nitrogen and oxygen atoms in total. The van der Waals surface area contributed by atoms with Crippen LogP contribution in [0.4, 0.5) is 10.5 Å². The van der Waals surface area contributed by atoms with Crippen LogP contribution < -0.4 is 10.6 Å². The van der Waals surface area contributed by atoms with Gasteiger partial charge in [-0.2, -0.15) is 0 Å². The summed E-state index contributed by atoms with van der Waals surface area (Å²) in [7, 11) is 0. The zero-order valence-corrected chi connectivity index (χ0v) is 14.0. The highest BCUT2D eigenvalue weighted by atomic mass is 16.5. The standard InChI is InChI=1S/C19H24N2O3/c1-12(22)13-4-6-14(7-5-13)20-18(23)21-16-15-8-11-24-17(15)19(16)9-2-3-10-19/h4-7,15-17H,2-3,8-11H2,1H3,(H2,20,21,23)/t15-,16+,17+/m0/s1. The minimum absolute atomic E-state index is 0.0240. The van der Waals surface area contributed by atoms with Crippen molar-refractivity contribution in [2.75, 3.05) is 11.9 Å². The number of hydrogen-bond donors (Lipinski definition) is 2. The van der Waals surface area contributed by atoms with Crippen LogP contribution in [0.25, 0.3) is 0 Å². The minimum Gasteiger partial charge on any atom is -0.377 e. The number of ketones is 1. The number of carbonyl (C=O) groups excluding carboxylic acids is 2. The number of benzene rings is 1. The fourth-order valence-electron chi connectivity index (χ4n) is 5.00. The first-order chi connectivity index (χ1) is 11.6. The molecule has 0 aromatic heterocycles. The smallest absolute Gasteiger partial charge is 0.319 e. The summed E-state index contributed by atoms with van der Waals surface area (Å²) in [6.07, 6.45) is 6.18. The highest BCUT2D eigenvalue weighted by Crippen LogP contribution is 2.60. The quantitative estimate of drug-likeness (QED) is 0.836. The highest BCUT2D eigenvalue weighted by molar-refractivity contribution is 5.95. The zero-order chi connectivity index (χ0) is 16.7. The van der Waals surface area contributed by atoms with E-state index >= 15 is 0 Å². The van der Waals surface area contributed by atoms with Crippen LogP contribution in [0.5, 0.6) is 0 Å². The van der Waals surface area contributed by atoms with Crippen molar-refractivity contribution in [1.82, 2.24) is 5.32 Å². The maximum Gasteiger partial charge on any atom is 0.319 e. The molecule has 4 rings (SSSR count). The maximum absolute atomic E-state index is 12.4. The Bertz CT molecular complexity index is 649. The molecular weight excluding hydrogens is 304 g/mol. The van der Waals surface area contributed by atoms with Crippen molar-refractivity contribution in [1.29, 1.82) is 0 Å². The van der Waals surface area contributed by atoms with E-state index in [0.29, 0.717) is 23.3 Å². The van der Waals surface area contributed by atoms with E-state index in [1.165, 1.54) is 19.8 Å². The Morgan fingerprint density at radius 3 is 2.54 bits per heavy atom. The van der Waals surface area contributed by atoms with Gasteiger partial charge < -0.3 is 15.4 Å². The maximum atomic E-state index is 12.4. The van der Waals surface area contributed by atoms with Crippen molar-refractivity contribution >= 4 is 17.5 Å². The number of nitrogens with one attached hydrogen (secondary N) is 2. The summed E-state index contributed by atoms with van der Waals surface area (Å²) in [6, 6.07) is 7.07. The fraction of sp³-hybridized carbons (Fsp3) is 0.579. The predicted molar refractivity (Wildman–Crippen MR) is 91.1 cm³/mol. The molecule has 0 unspecified atom stereocenters. The Morgan fingerprint density at radius 1 is 1.17 bits per heavy atom. The molecule has 2 N–H and O–H groups in total. The van der Waals surface area contributed by atoms with Crippen LogP contribution in [0, 0.1) is 11.3 Å². The van der Waals surface area contributed by atoms with Gasteiger partial charge in [-0.15, -0.1) is 0 Å². The first-order valence-electron chi connectivity index (χ1n) is 8.90. The van der Waals surface area contributed by atoms with Crippen LogP contribution in [-0.4, -0.2) is 30.6 Å². The molecule has 2 amide bonds. The molecular formula is C19H24N2O3. The van der Waals surface area contributed by atoms with Crippen LogP contribution in [0.3, 0.4) is 0 Å². The lowest BCUT2D eigenvalue weighted by Gasteiger charge is -2.56. The topological polar surface area (TPSA) is 67.4 Å². The molecule has 3 aliphatic rings. The van der Waals surface area contributed by atoms with Crippen LogP contribution in [0.2, 0.25) is 0 Å². The molecule has 1 aromatic rings. The van der Waals surface area contributed by atoms with Gasteiger partial charge in [0.15, 0.2) is 5.78 Å². The van der Waals surface area contributed by atoms with E-state index in [0.717, 1.165) is 25.9 Å². The van der Waals surface area contributed by atoms with Gasteiger partial charge in [-0.05, 0) is 50.5 Å². The average molecular weight is 328 g/mol. The molecule has 0 bridgehead atoms. The molecule has 2 aliphatic carbocycles. The second-order valence-electron chi connectivity index (χ2n) is 7.39. The number of anilines is 1. The molecule has 3 fully saturated rings. The Morgan fingerprint density at radius 2 is 1.88 bits per heavy atom. The number of ether oxygens (including phenoxy) is 1. The monoisotopic (exact) mass is 328 g/mol. The lowest BCUT2D eigenvalue weighted by Crippen LogP contribution is -2.68. The molecule has 1 heterocycles. The highest BCUT2D eigenvalue weighted by Gasteiger charge is 2.65. The normalized spacial score (nSPS) is 29.8. The number of carbonyl (C=O) groups is 2. The molecule has 1 spiro atoms. The summed E-state index contributed by atoms with van der Waals surface area (Å²) in [5.41, 5.74) is 1.52. The molecule has 3 atom stereocenters. The average Bonchev–Trinajstić information content (AvgIpc) is 3.22. The second-order valence-corrected chi connectivity index (χ2v) is 7.39. The van der Waals surface area contributed by atoms with Gasteiger partial charge in [0, 0.05) is 35.2 Å². The predicted octanol–water partition coefficient (Wildman–Crippen LogP) is 3.36. The third-order valence-electron chi connectivity index (χ3n) is 6.12. The van der Waals surface area contributed by atoms with Crippen molar-refractivity contribution in [3.05, 3.63) is 29.8 Å². The van der Waals surface area contributed by atoms with Gasteiger partial charge in [0.05, 0.1) is 6.10 Å². The first kappa shape index (κ1) is 15.6. The van der Waals surface area contributed by atoms with E-state index in [9.17, 15) is 9.59 Å². The van der Waals surface area contributed by atoms with Crippen LogP contribution in [0.1, 0.15) is 49.4 Å². The van der Waals surface area contributed by atoms with Gasteiger partial charge >= 0.3 is 6.03 Å². The molecule has 2 saturated carbocycles. The van der Waals surface area contributed by atoms with E-state index in [1.807, 2.05) is 0 Å². The van der Waals surface area contributed by atoms with Crippen molar-refractivity contribution < 1.29 is 14.3 Å². The van der Waals surface area contributed by atoms with E-state index in [2.05, 4.69) is 10.6 Å². The minimum atomic E-state index is -0.160. The van der Waals surface area contributed by atoms with Crippen LogP contribution >= 0.6 is 0 Å². The molecule has 24 heavy (non-hydrogen) atoms. The number of amides is 2. The number of Topliss-reactive ketones (excluding diaryl/α,β-unsaturated/α-hetero) is 1. The summed E-state index contributed by atoms with van der Waals surface area (Å²) in [5.74, 6) is 0.491.